The summed E-state index contributed by atoms with van der Waals surface area (Å²) >= 11 is 5.59. The first-order chi connectivity index (χ1) is 8.15. The van der Waals surface area contributed by atoms with Gasteiger partial charge in [0.05, 0.1) is 5.75 Å². The van der Waals surface area contributed by atoms with Crippen molar-refractivity contribution in [2.75, 3.05) is 18.2 Å². The van der Waals surface area contributed by atoms with Gasteiger partial charge in [-0.1, -0.05) is 12.8 Å². The average molecular weight is 280 g/mol. The van der Waals surface area contributed by atoms with Crippen molar-refractivity contribution in [2.45, 2.75) is 51.0 Å². The van der Waals surface area contributed by atoms with E-state index in [1.54, 1.807) is 4.31 Å². The molecule has 3 nitrogen and oxygen atoms in total. The van der Waals surface area contributed by atoms with Crippen LogP contribution >= 0.6 is 11.6 Å². The lowest BCUT2D eigenvalue weighted by atomic mass is 9.97. The minimum absolute atomic E-state index is 0.222. The molecule has 0 aromatic heterocycles. The molecule has 0 radical (unpaired) electrons. The van der Waals surface area contributed by atoms with E-state index in [4.69, 9.17) is 11.6 Å². The third kappa shape index (κ3) is 3.15. The fourth-order valence-electron chi connectivity index (χ4n) is 3.28. The molecule has 0 aromatic carbocycles. The van der Waals surface area contributed by atoms with Crippen molar-refractivity contribution in [1.29, 1.82) is 0 Å². The van der Waals surface area contributed by atoms with E-state index >= 15 is 0 Å². The van der Waals surface area contributed by atoms with Crippen LogP contribution in [-0.4, -0.2) is 36.9 Å². The normalized spacial score (nSPS) is 27.9. The Morgan fingerprint density at radius 3 is 2.47 bits per heavy atom. The standard InChI is InChI=1S/C12H22ClNO2S/c13-8-4-10-17(15,16)14-9-3-7-12(14)11-5-1-2-6-11/h11-12H,1-10H2. The Kier molecular flexibility index (Phi) is 4.72. The van der Waals surface area contributed by atoms with Crippen molar-refractivity contribution in [3.63, 3.8) is 0 Å². The highest BCUT2D eigenvalue weighted by molar-refractivity contribution is 7.89. The SMILES string of the molecule is O=S(=O)(CCCCl)N1CCCC1C1CCCC1. The van der Waals surface area contributed by atoms with Gasteiger partial charge in [-0.15, -0.1) is 11.6 Å². The van der Waals surface area contributed by atoms with Crippen molar-refractivity contribution >= 4 is 21.6 Å². The molecule has 0 N–H and O–H groups in total. The number of nitrogens with zero attached hydrogens (tertiary/aromatic N) is 1. The Morgan fingerprint density at radius 2 is 1.82 bits per heavy atom. The van der Waals surface area contributed by atoms with Crippen LogP contribution < -0.4 is 0 Å². The van der Waals surface area contributed by atoms with Crippen molar-refractivity contribution < 1.29 is 8.42 Å². The van der Waals surface area contributed by atoms with Crippen LogP contribution in [0.1, 0.15) is 44.9 Å². The highest BCUT2D eigenvalue weighted by Gasteiger charge is 2.39. The Morgan fingerprint density at radius 1 is 1.12 bits per heavy atom. The zero-order valence-electron chi connectivity index (χ0n) is 10.3. The van der Waals surface area contributed by atoms with E-state index in [2.05, 4.69) is 0 Å². The van der Waals surface area contributed by atoms with E-state index in [1.807, 2.05) is 0 Å². The van der Waals surface area contributed by atoms with Gasteiger partial charge in [0.2, 0.25) is 10.0 Å². The minimum Gasteiger partial charge on any atom is -0.212 e. The van der Waals surface area contributed by atoms with Gasteiger partial charge in [-0.2, -0.15) is 4.31 Å². The summed E-state index contributed by atoms with van der Waals surface area (Å²) < 4.78 is 26.2. The molecule has 2 fully saturated rings. The topological polar surface area (TPSA) is 37.4 Å². The summed E-state index contributed by atoms with van der Waals surface area (Å²) in [4.78, 5) is 0. The molecule has 1 unspecified atom stereocenters. The Labute approximate surface area is 110 Å². The Bertz CT molecular complexity index is 338. The van der Waals surface area contributed by atoms with Gasteiger partial charge < -0.3 is 0 Å². The van der Waals surface area contributed by atoms with Gasteiger partial charge in [0.1, 0.15) is 0 Å². The quantitative estimate of drug-likeness (QED) is 0.726. The molecule has 1 saturated carbocycles. The molecule has 100 valence electrons. The van der Waals surface area contributed by atoms with E-state index < -0.39 is 10.0 Å². The summed E-state index contributed by atoms with van der Waals surface area (Å²) in [7, 11) is -3.06. The first-order valence-electron chi connectivity index (χ1n) is 6.70. The van der Waals surface area contributed by atoms with Gasteiger partial charge in [0.25, 0.3) is 0 Å². The van der Waals surface area contributed by atoms with Crippen LogP contribution in [0.4, 0.5) is 0 Å². The minimum atomic E-state index is -3.06. The van der Waals surface area contributed by atoms with Crippen LogP contribution in [0.5, 0.6) is 0 Å². The molecule has 1 aliphatic heterocycles. The summed E-state index contributed by atoms with van der Waals surface area (Å²) in [6.07, 6.45) is 7.63. The molecule has 17 heavy (non-hydrogen) atoms. The molecule has 1 saturated heterocycles. The third-order valence-electron chi connectivity index (χ3n) is 4.09. The fraction of sp³-hybridized carbons (Fsp3) is 1.00. The predicted molar refractivity (Wildman–Crippen MR) is 70.8 cm³/mol. The maximum atomic E-state index is 12.2. The van der Waals surface area contributed by atoms with Gasteiger partial charge in [-0.25, -0.2) is 8.42 Å². The molecule has 0 bridgehead atoms. The summed E-state index contributed by atoms with van der Waals surface area (Å²) in [5.41, 5.74) is 0. The molecule has 1 atom stereocenters. The highest BCUT2D eigenvalue weighted by Crippen LogP contribution is 2.36. The lowest BCUT2D eigenvalue weighted by Gasteiger charge is -2.28. The summed E-state index contributed by atoms with van der Waals surface area (Å²) in [6, 6.07) is 0.290. The molecule has 2 aliphatic rings. The number of rotatable bonds is 5. The third-order valence-corrected chi connectivity index (χ3v) is 6.33. The van der Waals surface area contributed by atoms with E-state index in [9.17, 15) is 8.42 Å². The van der Waals surface area contributed by atoms with Gasteiger partial charge in [-0.05, 0) is 38.0 Å². The van der Waals surface area contributed by atoms with E-state index in [0.717, 1.165) is 19.4 Å². The second-order valence-electron chi connectivity index (χ2n) is 5.22. The second-order valence-corrected chi connectivity index (χ2v) is 7.64. The summed E-state index contributed by atoms with van der Waals surface area (Å²) in [5, 5.41) is 0. The predicted octanol–water partition coefficient (Wildman–Crippen LogP) is 2.60. The number of hydrogen-bond acceptors (Lipinski definition) is 2. The fourth-order valence-corrected chi connectivity index (χ4v) is 5.41. The molecule has 1 heterocycles. The van der Waals surface area contributed by atoms with Crippen LogP contribution in [0, 0.1) is 5.92 Å². The molecule has 5 heteroatoms. The second kappa shape index (κ2) is 5.89. The first-order valence-corrected chi connectivity index (χ1v) is 8.85. The zero-order chi connectivity index (χ0) is 12.3. The summed E-state index contributed by atoms with van der Waals surface area (Å²) in [5.74, 6) is 1.27. The Balaban J connectivity index is 2.03. The van der Waals surface area contributed by atoms with Crippen molar-refractivity contribution in [3.05, 3.63) is 0 Å². The van der Waals surface area contributed by atoms with Gasteiger partial charge in [0.15, 0.2) is 0 Å². The van der Waals surface area contributed by atoms with E-state index in [0.29, 0.717) is 18.2 Å². The largest absolute Gasteiger partial charge is 0.214 e. The lowest BCUT2D eigenvalue weighted by molar-refractivity contribution is 0.288. The first kappa shape index (κ1) is 13.6. The highest BCUT2D eigenvalue weighted by atomic mass is 35.5. The molecule has 0 aromatic rings. The molecular weight excluding hydrogens is 258 g/mol. The number of halogens is 1. The van der Waals surface area contributed by atoms with Gasteiger partial charge in [0, 0.05) is 18.5 Å². The molecular formula is C12H22ClNO2S. The van der Waals surface area contributed by atoms with Crippen LogP contribution in [0.2, 0.25) is 0 Å². The smallest absolute Gasteiger partial charge is 0.212 e. The van der Waals surface area contributed by atoms with Crippen LogP contribution in [0.15, 0.2) is 0 Å². The maximum absolute atomic E-state index is 12.2. The number of alkyl halides is 1. The average Bonchev–Trinajstić information content (AvgIpc) is 2.95. The molecule has 0 amide bonds. The van der Waals surface area contributed by atoms with Gasteiger partial charge in [-0.3, -0.25) is 0 Å². The van der Waals surface area contributed by atoms with Crippen molar-refractivity contribution in [2.24, 2.45) is 5.92 Å². The van der Waals surface area contributed by atoms with Crippen LogP contribution in [0.3, 0.4) is 0 Å². The lowest BCUT2D eigenvalue weighted by Crippen LogP contribution is -2.40. The number of hydrogen-bond donors (Lipinski definition) is 0. The van der Waals surface area contributed by atoms with Crippen molar-refractivity contribution in [3.8, 4) is 0 Å². The summed E-state index contributed by atoms with van der Waals surface area (Å²) in [6.45, 7) is 0.728. The number of sulfonamides is 1. The Hall–Kier alpha value is 0.200. The van der Waals surface area contributed by atoms with E-state index in [-0.39, 0.29) is 11.8 Å². The molecule has 2 rings (SSSR count). The van der Waals surface area contributed by atoms with Crippen LogP contribution in [0.25, 0.3) is 0 Å². The van der Waals surface area contributed by atoms with Crippen LogP contribution in [-0.2, 0) is 10.0 Å². The zero-order valence-corrected chi connectivity index (χ0v) is 11.8. The van der Waals surface area contributed by atoms with Crippen molar-refractivity contribution in [1.82, 2.24) is 4.31 Å². The molecule has 1 aliphatic carbocycles. The van der Waals surface area contributed by atoms with Gasteiger partial charge >= 0.3 is 0 Å². The maximum Gasteiger partial charge on any atom is 0.214 e. The van der Waals surface area contributed by atoms with E-state index in [1.165, 1.54) is 25.7 Å². The molecule has 0 spiro atoms. The monoisotopic (exact) mass is 279 g/mol.